The molecule has 0 radical (unpaired) electrons. The van der Waals surface area contributed by atoms with Crippen LogP contribution in [0.25, 0.3) is 0 Å². The summed E-state index contributed by atoms with van der Waals surface area (Å²) in [6.07, 6.45) is 0. The highest BCUT2D eigenvalue weighted by Crippen LogP contribution is 2.30. The minimum Gasteiger partial charge on any atom is -0.484 e. The van der Waals surface area contributed by atoms with E-state index in [1.807, 2.05) is 12.1 Å². The molecule has 1 aliphatic heterocycles. The van der Waals surface area contributed by atoms with Gasteiger partial charge in [-0.2, -0.15) is 0 Å². The number of amides is 1. The summed E-state index contributed by atoms with van der Waals surface area (Å²) in [4.78, 5) is 14.4. The zero-order chi connectivity index (χ0) is 17.6. The molecule has 1 saturated heterocycles. The second kappa shape index (κ2) is 8.43. The molecular formula is C18H18Cl2N2O3. The van der Waals surface area contributed by atoms with E-state index < -0.39 is 0 Å². The number of nitrogens with zero attached hydrogens (tertiary/aromatic N) is 1. The van der Waals surface area contributed by atoms with Crippen molar-refractivity contribution in [3.8, 4) is 5.75 Å². The summed E-state index contributed by atoms with van der Waals surface area (Å²) in [5.74, 6) is 0.325. The number of carbonyl (C=O) groups excluding carboxylic acids is 1. The minimum absolute atomic E-state index is 0.100. The van der Waals surface area contributed by atoms with E-state index in [1.54, 1.807) is 30.3 Å². The van der Waals surface area contributed by atoms with Gasteiger partial charge < -0.3 is 19.7 Å². The fourth-order valence-electron chi connectivity index (χ4n) is 2.55. The average Bonchev–Trinajstić information content (AvgIpc) is 2.62. The van der Waals surface area contributed by atoms with Crippen molar-refractivity contribution in [1.82, 2.24) is 0 Å². The van der Waals surface area contributed by atoms with E-state index in [0.717, 1.165) is 18.8 Å². The van der Waals surface area contributed by atoms with Gasteiger partial charge >= 0.3 is 0 Å². The number of nitrogens with one attached hydrogen (secondary N) is 1. The SMILES string of the molecule is O=C(COc1ccc(Cl)cc1)Nc1cc(Cl)ccc1N1CCOCC1. The third kappa shape index (κ3) is 5.01. The van der Waals surface area contributed by atoms with Crippen molar-refractivity contribution in [1.29, 1.82) is 0 Å². The Kier molecular flexibility index (Phi) is 6.02. The summed E-state index contributed by atoms with van der Waals surface area (Å²) in [6.45, 7) is 2.76. The van der Waals surface area contributed by atoms with Crippen LogP contribution >= 0.6 is 23.2 Å². The maximum absolute atomic E-state index is 12.3. The number of ether oxygens (including phenoxy) is 2. The Morgan fingerprint density at radius 3 is 2.48 bits per heavy atom. The van der Waals surface area contributed by atoms with Crippen LogP contribution in [0, 0.1) is 0 Å². The maximum Gasteiger partial charge on any atom is 0.262 e. The Bertz CT molecular complexity index is 732. The Balaban J connectivity index is 1.65. The van der Waals surface area contributed by atoms with Gasteiger partial charge in [-0.1, -0.05) is 23.2 Å². The van der Waals surface area contributed by atoms with E-state index >= 15 is 0 Å². The van der Waals surface area contributed by atoms with Crippen LogP contribution < -0.4 is 15.0 Å². The summed E-state index contributed by atoms with van der Waals surface area (Å²) in [5, 5.41) is 4.05. The predicted molar refractivity (Wildman–Crippen MR) is 100 cm³/mol. The van der Waals surface area contributed by atoms with Gasteiger partial charge in [0.05, 0.1) is 24.6 Å². The first-order valence-electron chi connectivity index (χ1n) is 7.92. The van der Waals surface area contributed by atoms with Gasteiger partial charge in [-0.3, -0.25) is 4.79 Å². The van der Waals surface area contributed by atoms with Crippen molar-refractivity contribution in [3.63, 3.8) is 0 Å². The largest absolute Gasteiger partial charge is 0.484 e. The van der Waals surface area contributed by atoms with Crippen molar-refractivity contribution in [2.24, 2.45) is 0 Å². The van der Waals surface area contributed by atoms with Gasteiger partial charge in [0.25, 0.3) is 5.91 Å². The number of halogens is 2. The number of rotatable bonds is 5. The number of hydrogen-bond acceptors (Lipinski definition) is 4. The highest BCUT2D eigenvalue weighted by atomic mass is 35.5. The zero-order valence-corrected chi connectivity index (χ0v) is 15.0. The van der Waals surface area contributed by atoms with Crippen molar-refractivity contribution < 1.29 is 14.3 Å². The molecular weight excluding hydrogens is 363 g/mol. The molecule has 1 aliphatic rings. The summed E-state index contributed by atoms with van der Waals surface area (Å²) in [5.41, 5.74) is 1.59. The molecule has 1 N–H and O–H groups in total. The second-order valence-electron chi connectivity index (χ2n) is 5.55. The number of hydrogen-bond donors (Lipinski definition) is 1. The normalized spacial score (nSPS) is 14.2. The molecule has 0 spiro atoms. The molecule has 2 aromatic carbocycles. The molecule has 0 unspecified atom stereocenters. The molecule has 5 nitrogen and oxygen atoms in total. The highest BCUT2D eigenvalue weighted by molar-refractivity contribution is 6.31. The number of benzene rings is 2. The third-order valence-electron chi connectivity index (χ3n) is 3.77. The number of morpholine rings is 1. The molecule has 7 heteroatoms. The van der Waals surface area contributed by atoms with Gasteiger partial charge in [0.2, 0.25) is 0 Å². The number of anilines is 2. The van der Waals surface area contributed by atoms with Crippen molar-refractivity contribution in [2.45, 2.75) is 0 Å². The molecule has 1 heterocycles. The van der Waals surface area contributed by atoms with Crippen molar-refractivity contribution in [2.75, 3.05) is 43.1 Å². The van der Waals surface area contributed by atoms with Crippen LogP contribution in [0.4, 0.5) is 11.4 Å². The maximum atomic E-state index is 12.3. The Morgan fingerprint density at radius 1 is 1.08 bits per heavy atom. The lowest BCUT2D eigenvalue weighted by Crippen LogP contribution is -2.37. The molecule has 132 valence electrons. The molecule has 0 aliphatic carbocycles. The quantitative estimate of drug-likeness (QED) is 0.855. The molecule has 0 aromatic heterocycles. The summed E-state index contributed by atoms with van der Waals surface area (Å²) < 4.78 is 10.9. The lowest BCUT2D eigenvalue weighted by atomic mass is 10.2. The van der Waals surface area contributed by atoms with Gasteiger partial charge in [0, 0.05) is 23.1 Å². The minimum atomic E-state index is -0.258. The molecule has 1 fully saturated rings. The van der Waals surface area contributed by atoms with Gasteiger partial charge in [-0.05, 0) is 42.5 Å². The van der Waals surface area contributed by atoms with Crippen LogP contribution in [0.5, 0.6) is 5.75 Å². The summed E-state index contributed by atoms with van der Waals surface area (Å²) in [7, 11) is 0. The first-order valence-corrected chi connectivity index (χ1v) is 8.68. The van der Waals surface area contributed by atoms with Crippen LogP contribution in [-0.4, -0.2) is 38.8 Å². The first kappa shape index (κ1) is 17.9. The monoisotopic (exact) mass is 380 g/mol. The van der Waals surface area contributed by atoms with Crippen LogP contribution in [0.15, 0.2) is 42.5 Å². The van der Waals surface area contributed by atoms with Gasteiger partial charge in [0.1, 0.15) is 5.75 Å². The standard InChI is InChI=1S/C18H18Cl2N2O3/c19-13-1-4-15(5-2-13)25-12-18(23)21-16-11-14(20)3-6-17(16)22-7-9-24-10-8-22/h1-6,11H,7-10,12H2,(H,21,23). The van der Waals surface area contributed by atoms with E-state index in [1.165, 1.54) is 0 Å². The first-order chi connectivity index (χ1) is 12.1. The Morgan fingerprint density at radius 2 is 1.76 bits per heavy atom. The van der Waals surface area contributed by atoms with Gasteiger partial charge in [-0.25, -0.2) is 0 Å². The highest BCUT2D eigenvalue weighted by Gasteiger charge is 2.16. The molecule has 25 heavy (non-hydrogen) atoms. The van der Waals surface area contributed by atoms with Gasteiger partial charge in [-0.15, -0.1) is 0 Å². The van der Waals surface area contributed by atoms with E-state index in [2.05, 4.69) is 10.2 Å². The van der Waals surface area contributed by atoms with Crippen molar-refractivity contribution >= 4 is 40.5 Å². The van der Waals surface area contributed by atoms with Crippen LogP contribution in [-0.2, 0) is 9.53 Å². The topological polar surface area (TPSA) is 50.8 Å². The van der Waals surface area contributed by atoms with Crippen molar-refractivity contribution in [3.05, 3.63) is 52.5 Å². The fraction of sp³-hybridized carbons (Fsp3) is 0.278. The van der Waals surface area contributed by atoms with E-state index in [-0.39, 0.29) is 12.5 Å². The predicted octanol–water partition coefficient (Wildman–Crippen LogP) is 3.85. The summed E-state index contributed by atoms with van der Waals surface area (Å²) in [6, 6.07) is 12.3. The lowest BCUT2D eigenvalue weighted by Gasteiger charge is -2.30. The molecule has 1 amide bonds. The van der Waals surface area contributed by atoms with Gasteiger partial charge in [0.15, 0.2) is 6.61 Å². The molecule has 2 aromatic rings. The fourth-order valence-corrected chi connectivity index (χ4v) is 2.85. The zero-order valence-electron chi connectivity index (χ0n) is 13.5. The number of carbonyl (C=O) groups is 1. The Labute approximate surface area is 156 Å². The van der Waals surface area contributed by atoms with E-state index in [9.17, 15) is 4.79 Å². The lowest BCUT2D eigenvalue weighted by molar-refractivity contribution is -0.118. The molecule has 0 saturated carbocycles. The second-order valence-corrected chi connectivity index (χ2v) is 6.42. The molecule has 0 atom stereocenters. The summed E-state index contributed by atoms with van der Waals surface area (Å²) >= 11 is 11.9. The van der Waals surface area contributed by atoms with Crippen LogP contribution in [0.2, 0.25) is 10.0 Å². The Hall–Kier alpha value is -1.95. The molecule has 0 bridgehead atoms. The third-order valence-corrected chi connectivity index (χ3v) is 4.26. The molecule has 3 rings (SSSR count). The average molecular weight is 381 g/mol. The van der Waals surface area contributed by atoms with E-state index in [4.69, 9.17) is 32.7 Å². The van der Waals surface area contributed by atoms with E-state index in [0.29, 0.717) is 34.7 Å². The van der Waals surface area contributed by atoms with Crippen LogP contribution in [0.1, 0.15) is 0 Å². The smallest absolute Gasteiger partial charge is 0.262 e. The van der Waals surface area contributed by atoms with Crippen LogP contribution in [0.3, 0.4) is 0 Å².